The number of nitrogens with one attached hydrogen (secondary N) is 1. The Hall–Kier alpha value is -3.34. The normalized spacial score (nSPS) is 13.0. The van der Waals surface area contributed by atoms with E-state index in [1.807, 2.05) is 49.5 Å². The molecule has 5 heteroatoms. The predicted molar refractivity (Wildman–Crippen MR) is 124 cm³/mol. The Morgan fingerprint density at radius 2 is 1.90 bits per heavy atom. The van der Waals surface area contributed by atoms with Crippen LogP contribution in [0.15, 0.2) is 72.0 Å². The molecule has 1 aliphatic rings. The lowest BCUT2D eigenvalue weighted by Crippen LogP contribution is -2.28. The molecule has 0 aliphatic carbocycles. The van der Waals surface area contributed by atoms with Crippen LogP contribution in [0.5, 0.6) is 0 Å². The first-order valence-electron chi connectivity index (χ1n) is 10.2. The standard InChI is InChI=1S/C25H24FN3O.CH4/c1-2-24(30)28-16-22(18-6-4-3-5-7-18)11-17-10-21(14-27-13-17)19-8-9-20-15-29-25(26)23(20)12-19;/h3-10,12-14,22H,2,11,15-16H2,1H3,(H,28,30);1H4/t22-;/m0./s1. The minimum Gasteiger partial charge on any atom is -0.355 e. The van der Waals surface area contributed by atoms with Crippen LogP contribution in [0.25, 0.3) is 11.1 Å². The third-order valence-corrected chi connectivity index (χ3v) is 5.47. The number of fused-ring (bicyclic) bond motifs is 1. The smallest absolute Gasteiger partial charge is 0.219 e. The molecule has 3 aromatic rings. The van der Waals surface area contributed by atoms with Crippen LogP contribution < -0.4 is 5.32 Å². The maximum Gasteiger partial charge on any atom is 0.219 e. The molecule has 1 N–H and O–H groups in total. The molecular weight excluding hydrogens is 389 g/mol. The summed E-state index contributed by atoms with van der Waals surface area (Å²) in [7, 11) is 0. The van der Waals surface area contributed by atoms with Gasteiger partial charge in [0.1, 0.15) is 0 Å². The van der Waals surface area contributed by atoms with Crippen LogP contribution >= 0.6 is 0 Å². The fourth-order valence-electron chi connectivity index (χ4n) is 3.76. The van der Waals surface area contributed by atoms with E-state index in [9.17, 15) is 9.18 Å². The zero-order valence-corrected chi connectivity index (χ0v) is 16.9. The van der Waals surface area contributed by atoms with Crippen LogP contribution in [0, 0.1) is 0 Å². The summed E-state index contributed by atoms with van der Waals surface area (Å²) >= 11 is 0. The Bertz CT molecular complexity index is 1080. The molecule has 0 saturated carbocycles. The van der Waals surface area contributed by atoms with Crippen LogP contribution in [0.4, 0.5) is 4.39 Å². The molecule has 2 heterocycles. The molecule has 0 saturated heterocycles. The van der Waals surface area contributed by atoms with Gasteiger partial charge in [0.2, 0.25) is 11.9 Å². The molecule has 1 aliphatic heterocycles. The van der Waals surface area contributed by atoms with Gasteiger partial charge >= 0.3 is 0 Å². The highest BCUT2D eigenvalue weighted by Gasteiger charge is 2.17. The van der Waals surface area contributed by atoms with Crippen LogP contribution in [0.3, 0.4) is 0 Å². The molecule has 2 aromatic carbocycles. The van der Waals surface area contributed by atoms with Gasteiger partial charge in [-0.25, -0.2) is 0 Å². The first-order chi connectivity index (χ1) is 14.6. The second-order valence-corrected chi connectivity index (χ2v) is 7.53. The molecule has 0 fully saturated rings. The Labute approximate surface area is 183 Å². The van der Waals surface area contributed by atoms with E-state index >= 15 is 0 Å². The second kappa shape index (κ2) is 10.1. The van der Waals surface area contributed by atoms with Crippen molar-refractivity contribution in [2.75, 3.05) is 6.54 Å². The Morgan fingerprint density at radius 1 is 1.10 bits per heavy atom. The lowest BCUT2D eigenvalue weighted by atomic mass is 9.91. The molecule has 1 aromatic heterocycles. The van der Waals surface area contributed by atoms with Crippen molar-refractivity contribution in [3.63, 3.8) is 0 Å². The van der Waals surface area contributed by atoms with Gasteiger partial charge in [-0.2, -0.15) is 4.39 Å². The lowest BCUT2D eigenvalue weighted by molar-refractivity contribution is -0.120. The fraction of sp³-hybridized carbons (Fsp3) is 0.269. The van der Waals surface area contributed by atoms with Crippen molar-refractivity contribution >= 4 is 11.9 Å². The van der Waals surface area contributed by atoms with E-state index < -0.39 is 5.97 Å². The van der Waals surface area contributed by atoms with E-state index in [1.165, 1.54) is 5.56 Å². The summed E-state index contributed by atoms with van der Waals surface area (Å²) in [5, 5.41) is 3.02. The molecule has 0 bridgehead atoms. The van der Waals surface area contributed by atoms with E-state index in [4.69, 9.17) is 0 Å². The van der Waals surface area contributed by atoms with E-state index in [-0.39, 0.29) is 19.3 Å². The third kappa shape index (κ3) is 5.23. The monoisotopic (exact) mass is 417 g/mol. The molecular formula is C26H28FN3O. The summed E-state index contributed by atoms with van der Waals surface area (Å²) in [5.41, 5.74) is 5.60. The Morgan fingerprint density at radius 3 is 2.68 bits per heavy atom. The number of aliphatic imine (C=N–C) groups is 1. The molecule has 0 radical (unpaired) electrons. The quantitative estimate of drug-likeness (QED) is 0.554. The van der Waals surface area contributed by atoms with Gasteiger partial charge in [0.25, 0.3) is 0 Å². The van der Waals surface area contributed by atoms with Crippen molar-refractivity contribution in [3.05, 3.63) is 89.2 Å². The number of carbonyl (C=O) groups is 1. The number of hydrogen-bond acceptors (Lipinski definition) is 3. The zero-order chi connectivity index (χ0) is 20.9. The summed E-state index contributed by atoms with van der Waals surface area (Å²) in [6.45, 7) is 2.83. The van der Waals surface area contributed by atoms with Gasteiger partial charge < -0.3 is 5.32 Å². The van der Waals surface area contributed by atoms with E-state index in [1.54, 1.807) is 6.20 Å². The SMILES string of the molecule is C.CCC(=O)NC[C@H](Cc1cncc(-c2ccc3c(c2)C(F)=NC3)c1)c1ccccc1. The molecule has 4 nitrogen and oxygen atoms in total. The first-order valence-corrected chi connectivity index (χ1v) is 10.2. The average molecular weight is 418 g/mol. The maximum absolute atomic E-state index is 13.9. The lowest BCUT2D eigenvalue weighted by Gasteiger charge is -2.18. The van der Waals surface area contributed by atoms with Crippen molar-refractivity contribution in [2.45, 2.75) is 39.7 Å². The number of pyridine rings is 1. The summed E-state index contributed by atoms with van der Waals surface area (Å²) in [5.74, 6) is -0.209. The van der Waals surface area contributed by atoms with Gasteiger partial charge in [-0.05, 0) is 40.8 Å². The number of halogens is 1. The maximum atomic E-state index is 13.9. The average Bonchev–Trinajstić information content (AvgIpc) is 3.17. The van der Waals surface area contributed by atoms with Crippen molar-refractivity contribution in [3.8, 4) is 11.1 Å². The largest absolute Gasteiger partial charge is 0.355 e. The summed E-state index contributed by atoms with van der Waals surface area (Å²) in [4.78, 5) is 20.1. The van der Waals surface area contributed by atoms with Gasteiger partial charge in [0.15, 0.2) is 0 Å². The number of aromatic nitrogens is 1. The Kier molecular flexibility index (Phi) is 7.29. The van der Waals surface area contributed by atoms with Gasteiger partial charge in [-0.1, -0.05) is 56.8 Å². The van der Waals surface area contributed by atoms with E-state index in [0.29, 0.717) is 25.1 Å². The molecule has 160 valence electrons. The van der Waals surface area contributed by atoms with Crippen molar-refractivity contribution in [2.24, 2.45) is 4.99 Å². The van der Waals surface area contributed by atoms with E-state index in [2.05, 4.69) is 33.5 Å². The highest BCUT2D eigenvalue weighted by atomic mass is 19.1. The first kappa shape index (κ1) is 22.3. The minimum absolute atomic E-state index is 0. The van der Waals surface area contributed by atoms with Crippen LogP contribution in [0.2, 0.25) is 0 Å². The molecule has 4 rings (SSSR count). The molecule has 31 heavy (non-hydrogen) atoms. The number of rotatable bonds is 7. The zero-order valence-electron chi connectivity index (χ0n) is 16.9. The second-order valence-electron chi connectivity index (χ2n) is 7.53. The number of hydrogen-bond donors (Lipinski definition) is 1. The fourth-order valence-corrected chi connectivity index (χ4v) is 3.76. The van der Waals surface area contributed by atoms with Gasteiger partial charge in [0, 0.05) is 42.4 Å². The molecule has 0 spiro atoms. The summed E-state index contributed by atoms with van der Waals surface area (Å²) in [6.07, 6.45) is 4.87. The molecule has 1 amide bonds. The number of carbonyl (C=O) groups excluding carboxylic acids is 1. The van der Waals surface area contributed by atoms with Crippen molar-refractivity contribution in [1.29, 1.82) is 0 Å². The minimum atomic E-state index is -0.397. The van der Waals surface area contributed by atoms with Crippen molar-refractivity contribution < 1.29 is 9.18 Å². The number of amides is 1. The highest BCUT2D eigenvalue weighted by molar-refractivity contribution is 5.98. The van der Waals surface area contributed by atoms with Gasteiger partial charge in [0.05, 0.1) is 6.54 Å². The van der Waals surface area contributed by atoms with Crippen LogP contribution in [0.1, 0.15) is 48.9 Å². The van der Waals surface area contributed by atoms with Gasteiger partial charge in [-0.3, -0.25) is 14.8 Å². The van der Waals surface area contributed by atoms with E-state index in [0.717, 1.165) is 28.7 Å². The molecule has 1 atom stereocenters. The van der Waals surface area contributed by atoms with Crippen LogP contribution in [-0.4, -0.2) is 23.4 Å². The van der Waals surface area contributed by atoms with Crippen molar-refractivity contribution in [1.82, 2.24) is 10.3 Å². The van der Waals surface area contributed by atoms with Crippen LogP contribution in [-0.2, 0) is 17.8 Å². The Balaban J connectivity index is 0.00000272. The molecule has 0 unspecified atom stereocenters. The summed E-state index contributed by atoms with van der Waals surface area (Å²) in [6, 6.07) is 18.0. The highest BCUT2D eigenvalue weighted by Crippen LogP contribution is 2.28. The van der Waals surface area contributed by atoms with Gasteiger partial charge in [-0.15, -0.1) is 0 Å². The topological polar surface area (TPSA) is 54.4 Å². The third-order valence-electron chi connectivity index (χ3n) is 5.47. The summed E-state index contributed by atoms with van der Waals surface area (Å²) < 4.78 is 13.9. The number of benzene rings is 2. The number of nitrogens with zero attached hydrogens (tertiary/aromatic N) is 2. The predicted octanol–water partition coefficient (Wildman–Crippen LogP) is 5.47.